The summed E-state index contributed by atoms with van der Waals surface area (Å²) in [4.78, 5) is 14.3. The summed E-state index contributed by atoms with van der Waals surface area (Å²) in [7, 11) is -3.34. The third-order valence-electron chi connectivity index (χ3n) is 5.14. The molecular formula is C22H29N3O3S. The summed E-state index contributed by atoms with van der Waals surface area (Å²) in [6.45, 7) is 6.44. The summed E-state index contributed by atoms with van der Waals surface area (Å²) in [6, 6.07) is 17.1. The van der Waals surface area contributed by atoms with Crippen molar-refractivity contribution in [3.05, 3.63) is 65.7 Å². The normalized spacial score (nSPS) is 16.1. The molecule has 0 aliphatic carbocycles. The molecule has 0 spiro atoms. The van der Waals surface area contributed by atoms with Gasteiger partial charge in [0.2, 0.25) is 15.9 Å². The zero-order valence-corrected chi connectivity index (χ0v) is 17.9. The molecule has 6 nitrogen and oxygen atoms in total. The molecule has 7 heteroatoms. The van der Waals surface area contributed by atoms with E-state index in [1.54, 1.807) is 0 Å². The van der Waals surface area contributed by atoms with Crippen molar-refractivity contribution in [2.45, 2.75) is 25.5 Å². The molecule has 2 aromatic carbocycles. The first-order chi connectivity index (χ1) is 13.8. The molecule has 0 unspecified atom stereocenters. The second-order valence-corrected chi connectivity index (χ2v) is 9.71. The van der Waals surface area contributed by atoms with Crippen LogP contribution in [0.5, 0.6) is 0 Å². The lowest BCUT2D eigenvalue weighted by atomic mass is 10.0. The summed E-state index contributed by atoms with van der Waals surface area (Å²) >= 11 is 0. The van der Waals surface area contributed by atoms with Crippen LogP contribution in [0, 0.1) is 0 Å². The molecule has 1 saturated heterocycles. The van der Waals surface area contributed by atoms with Crippen LogP contribution in [-0.4, -0.2) is 56.3 Å². The second-order valence-electron chi connectivity index (χ2n) is 7.74. The molecule has 0 radical (unpaired) electrons. The number of carbonyl (C=O) groups is 1. The lowest BCUT2D eigenvalue weighted by molar-refractivity contribution is -0.117. The number of carbonyl (C=O) groups excluding carboxylic acids is 1. The molecule has 29 heavy (non-hydrogen) atoms. The van der Waals surface area contributed by atoms with E-state index in [0.717, 1.165) is 11.3 Å². The van der Waals surface area contributed by atoms with E-state index in [0.29, 0.717) is 32.1 Å². The molecule has 0 atom stereocenters. The Labute approximate surface area is 173 Å². The minimum absolute atomic E-state index is 0.0146. The van der Waals surface area contributed by atoms with Gasteiger partial charge in [-0.05, 0) is 29.2 Å². The lowest BCUT2D eigenvalue weighted by Gasteiger charge is -2.33. The predicted molar refractivity (Wildman–Crippen MR) is 116 cm³/mol. The van der Waals surface area contributed by atoms with Crippen LogP contribution in [0.15, 0.2) is 54.6 Å². The fraction of sp³-hybridized carbons (Fsp3) is 0.409. The molecule has 2 aromatic rings. The van der Waals surface area contributed by atoms with Gasteiger partial charge in [0.15, 0.2) is 0 Å². The van der Waals surface area contributed by atoms with Gasteiger partial charge in [0.1, 0.15) is 0 Å². The summed E-state index contributed by atoms with van der Waals surface area (Å²) in [5.41, 5.74) is 2.80. The predicted octanol–water partition coefficient (Wildman–Crippen LogP) is 2.90. The van der Waals surface area contributed by atoms with E-state index in [1.807, 2.05) is 59.5 Å². The fourth-order valence-electron chi connectivity index (χ4n) is 3.40. The number of nitrogens with one attached hydrogen (secondary N) is 1. The van der Waals surface area contributed by atoms with Gasteiger partial charge in [-0.2, -0.15) is 4.31 Å². The standard InChI is InChI=1S/C22H29N3O3S/c1-18(2)20-8-10-21(11-9-20)23-22(26)16-24-12-14-25(15-13-24)29(27,28)17-19-6-4-3-5-7-19/h3-11,18H,12-17H2,1-2H3,(H,23,26). The molecule has 1 N–H and O–H groups in total. The number of piperazine rings is 1. The Balaban J connectivity index is 1.47. The summed E-state index contributed by atoms with van der Waals surface area (Å²) < 4.78 is 26.8. The number of nitrogens with zero attached hydrogens (tertiary/aromatic N) is 2. The first kappa shape index (κ1) is 21.5. The number of anilines is 1. The maximum Gasteiger partial charge on any atom is 0.238 e. The largest absolute Gasteiger partial charge is 0.325 e. The zero-order chi connectivity index (χ0) is 20.9. The van der Waals surface area contributed by atoms with Crippen LogP contribution in [0.4, 0.5) is 5.69 Å². The van der Waals surface area contributed by atoms with Gasteiger partial charge >= 0.3 is 0 Å². The Bertz CT molecular complexity index is 904. The van der Waals surface area contributed by atoms with E-state index in [9.17, 15) is 13.2 Å². The van der Waals surface area contributed by atoms with Gasteiger partial charge < -0.3 is 5.32 Å². The van der Waals surface area contributed by atoms with Crippen LogP contribution in [0.1, 0.15) is 30.9 Å². The van der Waals surface area contributed by atoms with Gasteiger partial charge in [0.25, 0.3) is 0 Å². The van der Waals surface area contributed by atoms with Gasteiger partial charge in [0, 0.05) is 31.9 Å². The average Bonchev–Trinajstić information content (AvgIpc) is 2.69. The molecule has 1 amide bonds. The van der Waals surface area contributed by atoms with Crippen molar-refractivity contribution >= 4 is 21.6 Å². The molecule has 0 aromatic heterocycles. The van der Waals surface area contributed by atoms with Crippen molar-refractivity contribution in [2.75, 3.05) is 38.0 Å². The van der Waals surface area contributed by atoms with Crippen molar-refractivity contribution in [1.82, 2.24) is 9.21 Å². The van der Waals surface area contributed by atoms with E-state index >= 15 is 0 Å². The third-order valence-corrected chi connectivity index (χ3v) is 6.99. The Kier molecular flexibility index (Phi) is 7.05. The Morgan fingerprint density at radius 3 is 2.17 bits per heavy atom. The highest BCUT2D eigenvalue weighted by molar-refractivity contribution is 7.88. The van der Waals surface area contributed by atoms with E-state index in [4.69, 9.17) is 0 Å². The van der Waals surface area contributed by atoms with Crippen molar-refractivity contribution < 1.29 is 13.2 Å². The molecule has 0 bridgehead atoms. The maximum atomic E-state index is 12.6. The van der Waals surface area contributed by atoms with Crippen LogP contribution in [-0.2, 0) is 20.6 Å². The van der Waals surface area contributed by atoms with Crippen molar-refractivity contribution in [2.24, 2.45) is 0 Å². The molecule has 1 fully saturated rings. The average molecular weight is 416 g/mol. The lowest BCUT2D eigenvalue weighted by Crippen LogP contribution is -2.50. The van der Waals surface area contributed by atoms with Crippen molar-refractivity contribution in [3.63, 3.8) is 0 Å². The number of sulfonamides is 1. The van der Waals surface area contributed by atoms with Gasteiger partial charge in [-0.15, -0.1) is 0 Å². The maximum absolute atomic E-state index is 12.6. The number of hydrogen-bond acceptors (Lipinski definition) is 4. The number of rotatable bonds is 7. The van der Waals surface area contributed by atoms with Crippen LogP contribution in [0.2, 0.25) is 0 Å². The molecular weight excluding hydrogens is 386 g/mol. The fourth-order valence-corrected chi connectivity index (χ4v) is 4.91. The van der Waals surface area contributed by atoms with E-state index < -0.39 is 10.0 Å². The zero-order valence-electron chi connectivity index (χ0n) is 17.0. The van der Waals surface area contributed by atoms with E-state index in [-0.39, 0.29) is 18.2 Å². The molecule has 1 aliphatic rings. The highest BCUT2D eigenvalue weighted by Gasteiger charge is 2.27. The Morgan fingerprint density at radius 2 is 1.59 bits per heavy atom. The third kappa shape index (κ3) is 6.13. The van der Waals surface area contributed by atoms with Crippen LogP contribution < -0.4 is 5.32 Å². The molecule has 0 saturated carbocycles. The Morgan fingerprint density at radius 1 is 0.966 bits per heavy atom. The summed E-state index contributed by atoms with van der Waals surface area (Å²) in [5, 5.41) is 2.92. The Hall–Kier alpha value is -2.22. The minimum Gasteiger partial charge on any atom is -0.325 e. The van der Waals surface area contributed by atoms with E-state index in [1.165, 1.54) is 9.87 Å². The summed E-state index contributed by atoms with van der Waals surface area (Å²) in [6.07, 6.45) is 0. The number of benzene rings is 2. The van der Waals surface area contributed by atoms with Crippen LogP contribution in [0.25, 0.3) is 0 Å². The smallest absolute Gasteiger partial charge is 0.238 e. The monoisotopic (exact) mass is 415 g/mol. The molecule has 3 rings (SSSR count). The summed E-state index contributed by atoms with van der Waals surface area (Å²) in [5.74, 6) is 0.387. The van der Waals surface area contributed by atoms with Gasteiger partial charge in [-0.25, -0.2) is 8.42 Å². The number of hydrogen-bond donors (Lipinski definition) is 1. The van der Waals surface area contributed by atoms with E-state index in [2.05, 4.69) is 19.2 Å². The molecule has 156 valence electrons. The van der Waals surface area contributed by atoms with Gasteiger partial charge in [-0.1, -0.05) is 56.3 Å². The quantitative estimate of drug-likeness (QED) is 0.755. The highest BCUT2D eigenvalue weighted by atomic mass is 32.2. The first-order valence-corrected chi connectivity index (χ1v) is 11.6. The topological polar surface area (TPSA) is 69.7 Å². The van der Waals surface area contributed by atoms with Crippen LogP contribution >= 0.6 is 0 Å². The van der Waals surface area contributed by atoms with Crippen molar-refractivity contribution in [1.29, 1.82) is 0 Å². The first-order valence-electron chi connectivity index (χ1n) is 9.97. The number of amides is 1. The highest BCUT2D eigenvalue weighted by Crippen LogP contribution is 2.17. The van der Waals surface area contributed by atoms with Gasteiger partial charge in [-0.3, -0.25) is 9.69 Å². The second kappa shape index (κ2) is 9.52. The van der Waals surface area contributed by atoms with Crippen LogP contribution in [0.3, 0.4) is 0 Å². The SMILES string of the molecule is CC(C)c1ccc(NC(=O)CN2CCN(S(=O)(=O)Cc3ccccc3)CC2)cc1. The van der Waals surface area contributed by atoms with Crippen molar-refractivity contribution in [3.8, 4) is 0 Å². The van der Waals surface area contributed by atoms with Gasteiger partial charge in [0.05, 0.1) is 12.3 Å². The molecule has 1 aliphatic heterocycles. The molecule has 1 heterocycles. The minimum atomic E-state index is -3.34.